The smallest absolute Gasteiger partial charge is 0.191 e. The standard InChI is InChI=1S/C22H33N3O2S.HI/c1-2-19(26-9-1)5-8-23-21(25-20-13-16-3-4-17(20)12-16)24-18-6-10-27-22(14-18)7-11-28-15-22;/h1-2,9,16-18,20H,3-8,10-15H2,(H2,23,24,25);1H. The molecule has 1 aromatic rings. The number of ether oxygens (including phenoxy) is 1. The summed E-state index contributed by atoms with van der Waals surface area (Å²) in [7, 11) is 0. The van der Waals surface area contributed by atoms with Crippen molar-refractivity contribution < 1.29 is 9.15 Å². The third-order valence-corrected chi connectivity index (χ3v) is 8.39. The van der Waals surface area contributed by atoms with E-state index in [9.17, 15) is 0 Å². The second-order valence-corrected chi connectivity index (χ2v) is 10.3. The van der Waals surface area contributed by atoms with Crippen LogP contribution in [0.15, 0.2) is 27.8 Å². The van der Waals surface area contributed by atoms with E-state index in [1.807, 2.05) is 23.9 Å². The van der Waals surface area contributed by atoms with E-state index in [4.69, 9.17) is 14.1 Å². The minimum absolute atomic E-state index is 0. The average molecular weight is 532 g/mol. The van der Waals surface area contributed by atoms with Crippen molar-refractivity contribution in [2.45, 2.75) is 69.1 Å². The van der Waals surface area contributed by atoms with Gasteiger partial charge in [0, 0.05) is 37.4 Å². The van der Waals surface area contributed by atoms with E-state index in [0.29, 0.717) is 12.1 Å². The molecule has 5 nitrogen and oxygen atoms in total. The Morgan fingerprint density at radius 2 is 2.21 bits per heavy atom. The maximum atomic E-state index is 6.21. The lowest BCUT2D eigenvalue weighted by atomic mass is 9.90. The molecule has 2 saturated heterocycles. The summed E-state index contributed by atoms with van der Waals surface area (Å²) in [6, 6.07) is 5.05. The molecule has 7 heteroatoms. The first kappa shape index (κ1) is 21.8. The Labute approximate surface area is 195 Å². The number of hydrogen-bond donors (Lipinski definition) is 2. The third kappa shape index (κ3) is 5.26. The molecule has 2 bridgehead atoms. The Hall–Kier alpha value is -0.410. The van der Waals surface area contributed by atoms with Gasteiger partial charge in [-0.2, -0.15) is 11.8 Å². The zero-order valence-corrected chi connectivity index (χ0v) is 20.3. The van der Waals surface area contributed by atoms with Crippen molar-refractivity contribution in [3.63, 3.8) is 0 Å². The molecule has 5 atom stereocenters. The lowest BCUT2D eigenvalue weighted by Crippen LogP contribution is -2.53. The number of hydrogen-bond acceptors (Lipinski definition) is 4. The number of nitrogens with zero attached hydrogens (tertiary/aromatic N) is 1. The Morgan fingerprint density at radius 1 is 1.24 bits per heavy atom. The quantitative estimate of drug-likeness (QED) is 0.339. The largest absolute Gasteiger partial charge is 0.469 e. The molecule has 29 heavy (non-hydrogen) atoms. The molecule has 1 spiro atoms. The van der Waals surface area contributed by atoms with Gasteiger partial charge in [-0.1, -0.05) is 6.42 Å². The normalized spacial score (nSPS) is 36.3. The van der Waals surface area contributed by atoms with Crippen LogP contribution in [0.1, 0.15) is 50.7 Å². The van der Waals surface area contributed by atoms with E-state index in [-0.39, 0.29) is 29.6 Å². The lowest BCUT2D eigenvalue weighted by Gasteiger charge is -2.39. The predicted octanol–water partition coefficient (Wildman–Crippen LogP) is 4.22. The number of aliphatic imine (C=N–C) groups is 1. The molecule has 5 rings (SSSR count). The molecule has 0 aromatic carbocycles. The average Bonchev–Trinajstić information content (AvgIpc) is 3.48. The maximum absolute atomic E-state index is 6.21. The van der Waals surface area contributed by atoms with Crippen LogP contribution in [0.3, 0.4) is 0 Å². The Kier molecular flexibility index (Phi) is 7.38. The number of nitrogens with one attached hydrogen (secondary N) is 2. The van der Waals surface area contributed by atoms with Gasteiger partial charge in [-0.25, -0.2) is 0 Å². The summed E-state index contributed by atoms with van der Waals surface area (Å²) in [6.45, 7) is 1.62. The van der Waals surface area contributed by atoms with Crippen LogP contribution in [0.25, 0.3) is 0 Å². The van der Waals surface area contributed by atoms with Gasteiger partial charge in [0.05, 0.1) is 11.9 Å². The van der Waals surface area contributed by atoms with Crippen LogP contribution in [-0.2, 0) is 11.2 Å². The van der Waals surface area contributed by atoms with E-state index in [0.717, 1.165) is 61.7 Å². The zero-order chi connectivity index (χ0) is 18.8. The monoisotopic (exact) mass is 531 g/mol. The van der Waals surface area contributed by atoms with Crippen molar-refractivity contribution in [1.29, 1.82) is 0 Å². The molecule has 4 fully saturated rings. The van der Waals surface area contributed by atoms with Crippen molar-refractivity contribution in [3.8, 4) is 0 Å². The highest BCUT2D eigenvalue weighted by Gasteiger charge is 2.42. The molecule has 5 unspecified atom stereocenters. The highest BCUT2D eigenvalue weighted by atomic mass is 127. The van der Waals surface area contributed by atoms with E-state index < -0.39 is 0 Å². The second kappa shape index (κ2) is 9.81. The summed E-state index contributed by atoms with van der Waals surface area (Å²) in [5, 5.41) is 7.61. The summed E-state index contributed by atoms with van der Waals surface area (Å²) in [5.41, 5.74) is 0.103. The summed E-state index contributed by atoms with van der Waals surface area (Å²) in [6.07, 6.45) is 11.5. The van der Waals surface area contributed by atoms with E-state index in [1.165, 1.54) is 37.9 Å². The first-order valence-electron chi connectivity index (χ1n) is 11.1. The fourth-order valence-electron chi connectivity index (χ4n) is 5.67. The fraction of sp³-hybridized carbons (Fsp3) is 0.773. The molecule has 2 N–H and O–H groups in total. The lowest BCUT2D eigenvalue weighted by molar-refractivity contribution is -0.0679. The molecular formula is C22H34IN3O2S. The molecular weight excluding hydrogens is 497 g/mol. The zero-order valence-electron chi connectivity index (χ0n) is 17.1. The van der Waals surface area contributed by atoms with Gasteiger partial charge in [0.1, 0.15) is 5.76 Å². The van der Waals surface area contributed by atoms with Crippen molar-refractivity contribution in [2.24, 2.45) is 16.8 Å². The topological polar surface area (TPSA) is 58.8 Å². The van der Waals surface area contributed by atoms with Gasteiger partial charge in [-0.3, -0.25) is 4.99 Å². The van der Waals surface area contributed by atoms with Crippen LogP contribution in [0.2, 0.25) is 0 Å². The van der Waals surface area contributed by atoms with Crippen molar-refractivity contribution in [1.82, 2.24) is 10.6 Å². The number of halogens is 1. The Bertz CT molecular complexity index is 678. The molecule has 2 aliphatic heterocycles. The molecule has 0 amide bonds. The highest BCUT2D eigenvalue weighted by molar-refractivity contribution is 14.0. The summed E-state index contributed by atoms with van der Waals surface area (Å²) < 4.78 is 11.7. The third-order valence-electron chi connectivity index (χ3n) is 7.17. The number of furan rings is 1. The maximum Gasteiger partial charge on any atom is 0.191 e. The summed E-state index contributed by atoms with van der Waals surface area (Å²) in [4.78, 5) is 4.94. The fourth-order valence-corrected chi connectivity index (χ4v) is 7.05. The summed E-state index contributed by atoms with van der Waals surface area (Å²) >= 11 is 2.04. The van der Waals surface area contributed by atoms with Crippen LogP contribution in [-0.4, -0.2) is 48.3 Å². The first-order valence-corrected chi connectivity index (χ1v) is 12.3. The molecule has 1 aromatic heterocycles. The number of thioether (sulfide) groups is 1. The van der Waals surface area contributed by atoms with Crippen molar-refractivity contribution in [2.75, 3.05) is 24.7 Å². The second-order valence-electron chi connectivity index (χ2n) is 9.15. The van der Waals surface area contributed by atoms with Gasteiger partial charge in [-0.15, -0.1) is 24.0 Å². The Balaban J connectivity index is 0.00000205. The first-order chi connectivity index (χ1) is 13.8. The van der Waals surface area contributed by atoms with Gasteiger partial charge in [0.2, 0.25) is 0 Å². The number of guanidine groups is 1. The highest BCUT2D eigenvalue weighted by Crippen LogP contribution is 2.44. The SMILES string of the molecule is I.c1coc(CCN=C(NC2CCOC3(CCSC3)C2)NC2CC3CCC2C3)c1. The minimum Gasteiger partial charge on any atom is -0.469 e. The minimum atomic E-state index is 0. The molecule has 2 saturated carbocycles. The van der Waals surface area contributed by atoms with Crippen LogP contribution < -0.4 is 10.6 Å². The van der Waals surface area contributed by atoms with Gasteiger partial charge in [-0.05, 0) is 68.2 Å². The molecule has 3 heterocycles. The molecule has 2 aliphatic carbocycles. The predicted molar refractivity (Wildman–Crippen MR) is 129 cm³/mol. The van der Waals surface area contributed by atoms with Crippen LogP contribution >= 0.6 is 35.7 Å². The van der Waals surface area contributed by atoms with Crippen LogP contribution in [0.4, 0.5) is 0 Å². The molecule has 4 aliphatic rings. The van der Waals surface area contributed by atoms with Crippen molar-refractivity contribution in [3.05, 3.63) is 24.2 Å². The molecule has 162 valence electrons. The van der Waals surface area contributed by atoms with Crippen molar-refractivity contribution >= 4 is 41.7 Å². The molecule has 0 radical (unpaired) electrons. The van der Waals surface area contributed by atoms with Crippen LogP contribution in [0.5, 0.6) is 0 Å². The van der Waals surface area contributed by atoms with Gasteiger partial charge < -0.3 is 19.8 Å². The van der Waals surface area contributed by atoms with E-state index in [2.05, 4.69) is 10.6 Å². The van der Waals surface area contributed by atoms with Gasteiger partial charge in [0.15, 0.2) is 5.96 Å². The van der Waals surface area contributed by atoms with Gasteiger partial charge in [0.25, 0.3) is 0 Å². The van der Waals surface area contributed by atoms with E-state index in [1.54, 1.807) is 6.26 Å². The number of rotatable bonds is 5. The van der Waals surface area contributed by atoms with Crippen LogP contribution in [0, 0.1) is 11.8 Å². The van der Waals surface area contributed by atoms with Gasteiger partial charge >= 0.3 is 0 Å². The summed E-state index contributed by atoms with van der Waals surface area (Å²) in [5.74, 6) is 6.19. The Morgan fingerprint density at radius 3 is 2.93 bits per heavy atom. The van der Waals surface area contributed by atoms with E-state index >= 15 is 0 Å². The number of fused-ring (bicyclic) bond motifs is 2.